The average molecular weight is 167 g/mol. The van der Waals surface area contributed by atoms with Crippen LogP contribution >= 0.6 is 0 Å². The minimum atomic E-state index is -4.81. The molecule has 0 aromatic carbocycles. The molecule has 0 fully saturated rings. The summed E-state index contributed by atoms with van der Waals surface area (Å²) in [4.78, 5) is 12.2. The summed E-state index contributed by atoms with van der Waals surface area (Å²) in [6.07, 6.45) is -5.60. The minimum absolute atomic E-state index is 0.450. The summed E-state index contributed by atoms with van der Waals surface area (Å²) in [5, 5.41) is 2.78. The lowest BCUT2D eigenvalue weighted by Crippen LogP contribution is -2.22. The Balaban J connectivity index is 3.80. The normalized spacial score (nSPS) is 10.5. The summed E-state index contributed by atoms with van der Waals surface area (Å²) in [7, 11) is 0. The number of carbonyl (C=O) groups is 1. The zero-order valence-electron chi connectivity index (χ0n) is 5.30. The minimum Gasteiger partial charge on any atom is -0.290 e. The van der Waals surface area contributed by atoms with Gasteiger partial charge in [-0.15, -0.1) is 0 Å². The molecular weight excluding hydrogens is 163 g/mol. The van der Waals surface area contributed by atoms with E-state index in [4.69, 9.17) is 5.53 Å². The van der Waals surface area contributed by atoms with Gasteiger partial charge in [0.2, 0.25) is 5.78 Å². The fourth-order valence-corrected chi connectivity index (χ4v) is 0.338. The van der Waals surface area contributed by atoms with E-state index in [1.807, 2.05) is 0 Å². The molecule has 0 bridgehead atoms. The van der Waals surface area contributed by atoms with E-state index >= 15 is 0 Å². The molecule has 0 heterocycles. The van der Waals surface area contributed by atoms with E-state index in [1.165, 1.54) is 0 Å². The molecule has 0 unspecified atom stereocenters. The van der Waals surface area contributed by atoms with Gasteiger partial charge in [-0.05, 0) is 5.53 Å². The van der Waals surface area contributed by atoms with Crippen molar-refractivity contribution in [1.29, 1.82) is 0 Å². The van der Waals surface area contributed by atoms with Gasteiger partial charge >= 0.3 is 6.18 Å². The number of alkyl halides is 3. The number of Topliss-reactive ketones (excluding diaryl/α,β-unsaturated/α-hetero) is 1. The highest BCUT2D eigenvalue weighted by Crippen LogP contribution is 2.17. The van der Waals surface area contributed by atoms with Gasteiger partial charge < -0.3 is 0 Å². The first-order valence-corrected chi connectivity index (χ1v) is 2.59. The first-order chi connectivity index (χ1) is 4.98. The van der Waals surface area contributed by atoms with Gasteiger partial charge in [0, 0.05) is 17.9 Å². The van der Waals surface area contributed by atoms with Gasteiger partial charge in [-0.1, -0.05) is 5.11 Å². The van der Waals surface area contributed by atoms with E-state index in [0.29, 0.717) is 0 Å². The van der Waals surface area contributed by atoms with Crippen LogP contribution in [0.25, 0.3) is 10.4 Å². The van der Waals surface area contributed by atoms with Crippen molar-refractivity contribution in [3.63, 3.8) is 0 Å². The van der Waals surface area contributed by atoms with Crippen LogP contribution in [0.1, 0.15) is 6.42 Å². The Hall–Kier alpha value is -1.23. The van der Waals surface area contributed by atoms with Gasteiger partial charge in [-0.3, -0.25) is 4.79 Å². The topological polar surface area (TPSA) is 65.8 Å². The fourth-order valence-electron chi connectivity index (χ4n) is 0.338. The molecule has 0 aromatic heterocycles. The molecule has 0 atom stereocenters. The third kappa shape index (κ3) is 4.21. The molecule has 0 amide bonds. The number of halogens is 3. The van der Waals surface area contributed by atoms with Crippen molar-refractivity contribution >= 4 is 5.78 Å². The maximum atomic E-state index is 11.4. The van der Waals surface area contributed by atoms with E-state index in [1.54, 1.807) is 0 Å². The predicted octanol–water partition coefficient (Wildman–Crippen LogP) is 1.82. The molecule has 62 valence electrons. The Labute approximate surface area is 59.6 Å². The molecule has 0 aliphatic heterocycles. The lowest BCUT2D eigenvalue weighted by atomic mass is 10.3. The number of ketones is 1. The molecule has 11 heavy (non-hydrogen) atoms. The van der Waals surface area contributed by atoms with E-state index in [-0.39, 0.29) is 0 Å². The molecule has 0 saturated carbocycles. The first kappa shape index (κ1) is 9.77. The smallest absolute Gasteiger partial charge is 0.290 e. The largest absolute Gasteiger partial charge is 0.449 e. The van der Waals surface area contributed by atoms with Crippen molar-refractivity contribution in [3.05, 3.63) is 10.4 Å². The molecule has 0 aliphatic carbocycles. The SMILES string of the molecule is [N-]=[N+]=NCCC(=O)C(F)(F)F. The molecule has 0 spiro atoms. The van der Waals surface area contributed by atoms with Crippen molar-refractivity contribution in [2.75, 3.05) is 6.54 Å². The van der Waals surface area contributed by atoms with Crippen molar-refractivity contribution in [2.24, 2.45) is 5.11 Å². The van der Waals surface area contributed by atoms with Crippen LogP contribution in [-0.2, 0) is 4.79 Å². The summed E-state index contributed by atoms with van der Waals surface area (Å²) < 4.78 is 34.2. The Kier molecular flexibility index (Phi) is 3.39. The van der Waals surface area contributed by atoms with Crippen molar-refractivity contribution < 1.29 is 18.0 Å². The molecular formula is C4H4F3N3O. The summed E-state index contributed by atoms with van der Waals surface area (Å²) in [6.45, 7) is -0.450. The van der Waals surface area contributed by atoms with Crippen LogP contribution in [0.5, 0.6) is 0 Å². The monoisotopic (exact) mass is 167 g/mol. The number of carbonyl (C=O) groups excluding carboxylic acids is 1. The summed E-state index contributed by atoms with van der Waals surface area (Å²) in [5.41, 5.74) is 7.65. The van der Waals surface area contributed by atoms with Crippen LogP contribution in [0, 0.1) is 0 Å². The first-order valence-electron chi connectivity index (χ1n) is 2.59. The Morgan fingerprint density at radius 2 is 2.09 bits per heavy atom. The molecule has 0 saturated heterocycles. The highest BCUT2D eigenvalue weighted by Gasteiger charge is 2.36. The zero-order chi connectivity index (χ0) is 8.91. The van der Waals surface area contributed by atoms with E-state index in [0.717, 1.165) is 0 Å². The Morgan fingerprint density at radius 3 is 2.45 bits per heavy atom. The number of hydrogen-bond acceptors (Lipinski definition) is 2. The highest BCUT2D eigenvalue weighted by atomic mass is 19.4. The molecule has 0 aliphatic rings. The quantitative estimate of drug-likeness (QED) is 0.359. The van der Waals surface area contributed by atoms with E-state index in [9.17, 15) is 18.0 Å². The summed E-state index contributed by atoms with van der Waals surface area (Å²) in [5.74, 6) is -1.87. The number of nitrogens with zero attached hydrogens (tertiary/aromatic N) is 3. The van der Waals surface area contributed by atoms with Gasteiger partial charge in [-0.2, -0.15) is 13.2 Å². The number of rotatable bonds is 3. The molecule has 0 N–H and O–H groups in total. The maximum absolute atomic E-state index is 11.4. The van der Waals surface area contributed by atoms with E-state index < -0.39 is 24.9 Å². The van der Waals surface area contributed by atoms with Crippen molar-refractivity contribution in [3.8, 4) is 0 Å². The molecule has 0 aromatic rings. The number of azide groups is 1. The fraction of sp³-hybridized carbons (Fsp3) is 0.750. The molecule has 4 nitrogen and oxygen atoms in total. The third-order valence-electron chi connectivity index (χ3n) is 0.818. The van der Waals surface area contributed by atoms with Gasteiger partial charge in [-0.25, -0.2) is 0 Å². The maximum Gasteiger partial charge on any atom is 0.449 e. The highest BCUT2D eigenvalue weighted by molar-refractivity contribution is 5.84. The van der Waals surface area contributed by atoms with Crippen LogP contribution in [0.15, 0.2) is 5.11 Å². The lowest BCUT2D eigenvalue weighted by molar-refractivity contribution is -0.170. The third-order valence-corrected chi connectivity index (χ3v) is 0.818. The Morgan fingerprint density at radius 1 is 1.55 bits per heavy atom. The molecule has 7 heteroatoms. The average Bonchev–Trinajstić information content (AvgIpc) is 1.86. The Bertz CT molecular complexity index is 193. The zero-order valence-corrected chi connectivity index (χ0v) is 5.30. The van der Waals surface area contributed by atoms with Gasteiger partial charge in [0.25, 0.3) is 0 Å². The van der Waals surface area contributed by atoms with Crippen LogP contribution in [0.2, 0.25) is 0 Å². The summed E-state index contributed by atoms with van der Waals surface area (Å²) >= 11 is 0. The predicted molar refractivity (Wildman–Crippen MR) is 29.7 cm³/mol. The second-order valence-electron chi connectivity index (χ2n) is 1.63. The van der Waals surface area contributed by atoms with Crippen molar-refractivity contribution in [1.82, 2.24) is 0 Å². The van der Waals surface area contributed by atoms with Crippen LogP contribution in [-0.4, -0.2) is 18.5 Å². The second kappa shape index (κ2) is 3.82. The number of hydrogen-bond donors (Lipinski definition) is 0. The van der Waals surface area contributed by atoms with Crippen LogP contribution < -0.4 is 0 Å². The molecule has 0 rings (SSSR count). The van der Waals surface area contributed by atoms with E-state index in [2.05, 4.69) is 10.0 Å². The second-order valence-corrected chi connectivity index (χ2v) is 1.63. The van der Waals surface area contributed by atoms with Crippen LogP contribution in [0.4, 0.5) is 13.2 Å². The lowest BCUT2D eigenvalue weighted by Gasteiger charge is -2.01. The molecule has 0 radical (unpaired) electrons. The van der Waals surface area contributed by atoms with Gasteiger partial charge in [0.1, 0.15) is 0 Å². The summed E-state index contributed by atoms with van der Waals surface area (Å²) in [6, 6.07) is 0. The van der Waals surface area contributed by atoms with Gasteiger partial charge in [0.15, 0.2) is 0 Å². The van der Waals surface area contributed by atoms with Crippen molar-refractivity contribution in [2.45, 2.75) is 12.6 Å². The standard InChI is InChI=1S/C4H4F3N3O/c5-4(6,7)3(11)1-2-9-10-8/h1-2H2. The van der Waals surface area contributed by atoms with Gasteiger partial charge in [0.05, 0.1) is 0 Å². The van der Waals surface area contributed by atoms with Crippen LogP contribution in [0.3, 0.4) is 0 Å².